The first-order valence-corrected chi connectivity index (χ1v) is 18.9. The number of hydrogen-bond donors (Lipinski definition) is 4. The van der Waals surface area contributed by atoms with Gasteiger partial charge in [0.2, 0.25) is 0 Å². The van der Waals surface area contributed by atoms with Crippen LogP contribution in [-0.2, 0) is 0 Å². The quantitative estimate of drug-likeness (QED) is 0.0890. The molecule has 0 aliphatic rings. The number of amides is 2. The third kappa shape index (κ3) is 8.62. The Balaban J connectivity index is 0.000000181. The summed E-state index contributed by atoms with van der Waals surface area (Å²) in [5.74, 6) is -1.18. The van der Waals surface area contributed by atoms with E-state index in [1.54, 1.807) is 66.9 Å². The molecule has 6 N–H and O–H groups in total. The van der Waals surface area contributed by atoms with Gasteiger partial charge in [-0.25, -0.2) is 13.8 Å². The molecule has 0 radical (unpaired) electrons. The van der Waals surface area contributed by atoms with Crippen LogP contribution in [0.15, 0.2) is 129 Å². The van der Waals surface area contributed by atoms with Crippen molar-refractivity contribution in [3.05, 3.63) is 138 Å². The first kappa shape index (κ1) is 36.2. The smallest absolute Gasteiger partial charge is 0.284 e. The van der Waals surface area contributed by atoms with Gasteiger partial charge in [0.05, 0.1) is 33.2 Å². The Labute approximate surface area is 310 Å². The Kier molecular flexibility index (Phi) is 11.2. The predicted octanol–water partition coefficient (Wildman–Crippen LogP) is 10.3. The van der Waals surface area contributed by atoms with Crippen LogP contribution in [0, 0.1) is 11.6 Å². The highest BCUT2D eigenvalue weighted by Gasteiger charge is 2.15. The monoisotopic (exact) mass is 751 g/mol. The van der Waals surface area contributed by atoms with Crippen molar-refractivity contribution in [2.75, 3.05) is 34.6 Å². The van der Waals surface area contributed by atoms with E-state index in [2.05, 4.69) is 15.6 Å². The van der Waals surface area contributed by atoms with Gasteiger partial charge in [0.1, 0.15) is 17.2 Å². The number of nitrogens with one attached hydrogen (secondary N) is 2. The number of thioether (sulfide) groups is 2. The maximum atomic E-state index is 13.2. The number of fused-ring (bicyclic) bond motifs is 1. The highest BCUT2D eigenvalue weighted by Crippen LogP contribution is 2.31. The minimum Gasteiger partial charge on any atom is -0.450 e. The van der Waals surface area contributed by atoms with Crippen LogP contribution in [0.25, 0.3) is 33.2 Å². The van der Waals surface area contributed by atoms with Crippen molar-refractivity contribution in [2.24, 2.45) is 0 Å². The van der Waals surface area contributed by atoms with E-state index in [1.165, 1.54) is 59.1 Å². The molecule has 262 valence electrons. The van der Waals surface area contributed by atoms with Gasteiger partial charge >= 0.3 is 0 Å². The maximum Gasteiger partial charge on any atom is 0.284 e. The highest BCUT2D eigenvalue weighted by molar-refractivity contribution is 8.00. The first-order valence-electron chi connectivity index (χ1n) is 15.6. The molecule has 8 nitrogen and oxygen atoms in total. The predicted molar refractivity (Wildman–Crippen MR) is 210 cm³/mol. The summed E-state index contributed by atoms with van der Waals surface area (Å²) in [6.45, 7) is 0. The first-order chi connectivity index (χ1) is 25.1. The van der Waals surface area contributed by atoms with Gasteiger partial charge in [-0.15, -0.1) is 23.1 Å². The molecule has 52 heavy (non-hydrogen) atoms. The molecule has 2 aromatic heterocycles. The van der Waals surface area contributed by atoms with E-state index in [0.29, 0.717) is 38.9 Å². The van der Waals surface area contributed by atoms with E-state index in [9.17, 15) is 18.4 Å². The molecule has 2 heterocycles. The molecular weight excluding hydrogens is 721 g/mol. The van der Waals surface area contributed by atoms with Crippen molar-refractivity contribution < 1.29 is 22.8 Å². The largest absolute Gasteiger partial charge is 0.450 e. The minimum absolute atomic E-state index is 0.285. The van der Waals surface area contributed by atoms with Crippen LogP contribution in [-0.4, -0.2) is 29.3 Å². The maximum absolute atomic E-state index is 13.2. The number of anilines is 4. The second-order valence-electron chi connectivity index (χ2n) is 11.2. The molecular formula is C39H31F2N5O3S3. The summed E-state index contributed by atoms with van der Waals surface area (Å²) >= 11 is 4.37. The zero-order valence-electron chi connectivity index (χ0n) is 27.8. The van der Waals surface area contributed by atoms with Crippen molar-refractivity contribution in [2.45, 2.75) is 9.30 Å². The van der Waals surface area contributed by atoms with E-state index in [4.69, 9.17) is 15.9 Å². The van der Waals surface area contributed by atoms with Crippen molar-refractivity contribution >= 4 is 80.4 Å². The fourth-order valence-corrected chi connectivity index (χ4v) is 6.74. The summed E-state index contributed by atoms with van der Waals surface area (Å²) in [5, 5.41) is 7.75. The molecule has 7 aromatic rings. The molecule has 13 heteroatoms. The summed E-state index contributed by atoms with van der Waals surface area (Å²) in [6, 6.07) is 30.2. The standard InChI is InChI=1S/C22H17FN2O2S.C17H14FN3OS2/c1-28-21-12-15-2-3-16(11-20(15)27-21)22(26)25-19-10-14(6-9-18(19)24)13-4-7-17(23)8-5-13;1-23-15-9-20-17(24-15)16(22)21-14-8-11(4-7-13(14)19)10-2-5-12(18)6-3-10/h2-12H,24H2,1H3,(H,25,26);2-9H,19H2,1H3,(H,21,22). The van der Waals surface area contributed by atoms with E-state index in [-0.39, 0.29) is 23.4 Å². The zero-order chi connectivity index (χ0) is 36.8. The molecule has 0 spiro atoms. The van der Waals surface area contributed by atoms with Crippen LogP contribution in [0.4, 0.5) is 31.5 Å². The number of nitrogens with zero attached hydrogens (tertiary/aromatic N) is 1. The summed E-state index contributed by atoms with van der Waals surface area (Å²) < 4.78 is 32.9. The zero-order valence-corrected chi connectivity index (χ0v) is 30.2. The topological polar surface area (TPSA) is 136 Å². The lowest BCUT2D eigenvalue weighted by Gasteiger charge is -2.11. The number of halogens is 2. The molecule has 0 saturated carbocycles. The van der Waals surface area contributed by atoms with Gasteiger partial charge < -0.3 is 26.5 Å². The number of furan rings is 1. The summed E-state index contributed by atoms with van der Waals surface area (Å²) in [5.41, 5.74) is 18.4. The number of benzene rings is 5. The molecule has 0 atom stereocenters. The van der Waals surface area contributed by atoms with Crippen LogP contribution < -0.4 is 22.1 Å². The Morgan fingerprint density at radius 1 is 0.673 bits per heavy atom. The van der Waals surface area contributed by atoms with Gasteiger partial charge in [0, 0.05) is 10.9 Å². The van der Waals surface area contributed by atoms with Gasteiger partial charge in [-0.05, 0) is 101 Å². The van der Waals surface area contributed by atoms with Crippen LogP contribution in [0.3, 0.4) is 0 Å². The second-order valence-corrected chi connectivity index (χ2v) is 14.2. The van der Waals surface area contributed by atoms with Crippen molar-refractivity contribution in [3.63, 3.8) is 0 Å². The molecule has 0 aliphatic heterocycles. The number of rotatable bonds is 8. The van der Waals surface area contributed by atoms with E-state index >= 15 is 0 Å². The average molecular weight is 752 g/mol. The number of nitrogens with two attached hydrogens (primary N) is 2. The van der Waals surface area contributed by atoms with Crippen LogP contribution in [0.1, 0.15) is 20.2 Å². The molecule has 7 rings (SSSR count). The van der Waals surface area contributed by atoms with Gasteiger partial charge in [0.25, 0.3) is 11.8 Å². The SMILES string of the molecule is CSc1cc2ccc(C(=O)Nc3cc(-c4ccc(F)cc4)ccc3N)cc2o1.CSc1cnc(C(=O)Nc2cc(-c3ccc(F)cc3)ccc2N)s1. The molecule has 0 saturated heterocycles. The summed E-state index contributed by atoms with van der Waals surface area (Å²) in [6.07, 6.45) is 5.53. The highest BCUT2D eigenvalue weighted by atomic mass is 32.2. The fourth-order valence-electron chi connectivity index (χ4n) is 5.05. The molecule has 2 amide bonds. The number of nitrogen functional groups attached to an aromatic ring is 2. The van der Waals surface area contributed by atoms with E-state index < -0.39 is 0 Å². The number of carbonyl (C=O) groups is 2. The molecule has 0 fully saturated rings. The Morgan fingerprint density at radius 2 is 1.21 bits per heavy atom. The average Bonchev–Trinajstić information content (AvgIpc) is 3.82. The van der Waals surface area contributed by atoms with Crippen molar-refractivity contribution in [1.29, 1.82) is 0 Å². The Morgan fingerprint density at radius 3 is 1.73 bits per heavy atom. The molecule has 0 unspecified atom stereocenters. The number of hydrogen-bond acceptors (Lipinski definition) is 9. The lowest BCUT2D eigenvalue weighted by atomic mass is 10.0. The minimum atomic E-state index is -0.303. The van der Waals surface area contributed by atoms with Crippen LogP contribution in [0.5, 0.6) is 0 Å². The van der Waals surface area contributed by atoms with Gasteiger partial charge in [0.15, 0.2) is 10.1 Å². The lowest BCUT2D eigenvalue weighted by Crippen LogP contribution is -2.13. The third-order valence-electron chi connectivity index (χ3n) is 7.80. The Bertz CT molecular complexity index is 2380. The van der Waals surface area contributed by atoms with Gasteiger partial charge in [-0.2, -0.15) is 0 Å². The summed E-state index contributed by atoms with van der Waals surface area (Å²) in [4.78, 5) is 29.1. The second kappa shape index (κ2) is 16.1. The number of carbonyl (C=O) groups excluding carboxylic acids is 2. The van der Waals surface area contributed by atoms with Crippen LogP contribution in [0.2, 0.25) is 0 Å². The van der Waals surface area contributed by atoms with Crippen LogP contribution >= 0.6 is 34.9 Å². The normalized spacial score (nSPS) is 10.8. The molecule has 0 aliphatic carbocycles. The van der Waals surface area contributed by atoms with Gasteiger partial charge in [-0.3, -0.25) is 9.59 Å². The third-order valence-corrected chi connectivity index (χ3v) is 10.5. The molecule has 0 bridgehead atoms. The lowest BCUT2D eigenvalue weighted by molar-refractivity contribution is 0.101. The number of thiazole rings is 1. The fraction of sp³-hybridized carbons (Fsp3) is 0.0513. The molecule has 5 aromatic carbocycles. The van der Waals surface area contributed by atoms with E-state index in [0.717, 1.165) is 36.9 Å². The van der Waals surface area contributed by atoms with Crippen molar-refractivity contribution in [1.82, 2.24) is 4.98 Å². The van der Waals surface area contributed by atoms with E-state index in [1.807, 2.05) is 36.8 Å². The summed E-state index contributed by atoms with van der Waals surface area (Å²) in [7, 11) is 0. The van der Waals surface area contributed by atoms with Gasteiger partial charge in [-0.1, -0.05) is 54.2 Å². The number of aromatic nitrogens is 1. The van der Waals surface area contributed by atoms with Crippen molar-refractivity contribution in [3.8, 4) is 22.3 Å². The Hall–Kier alpha value is -5.63.